The van der Waals surface area contributed by atoms with Gasteiger partial charge in [0.25, 0.3) is 0 Å². The number of carbonyl (C=O) groups excluding carboxylic acids is 1. The average molecular weight is 636 g/mol. The first-order valence-corrected chi connectivity index (χ1v) is 18.1. The number of pyridine rings is 1. The molecule has 0 saturated heterocycles. The van der Waals surface area contributed by atoms with Crippen molar-refractivity contribution < 1.29 is 14.7 Å². The molecule has 3 N–H and O–H groups in total. The molecule has 0 aromatic carbocycles. The van der Waals surface area contributed by atoms with Crippen molar-refractivity contribution in [2.45, 2.75) is 156 Å². The SMILES string of the molecule is CC.CC(=O)CCCCCCC(NCc1cc2c(nc1CCCCCCCCC(=O)O)NCCC2)=C1CCC1.Cc1ncccn1. The van der Waals surface area contributed by atoms with Crippen molar-refractivity contribution in [2.75, 3.05) is 11.9 Å². The van der Waals surface area contributed by atoms with Crippen molar-refractivity contribution in [1.82, 2.24) is 20.3 Å². The molecule has 0 radical (unpaired) electrons. The summed E-state index contributed by atoms with van der Waals surface area (Å²) >= 11 is 0. The summed E-state index contributed by atoms with van der Waals surface area (Å²) in [7, 11) is 0. The number of aliphatic carboxylic acids is 1. The number of aryl methyl sites for hydroxylation is 3. The predicted molar refractivity (Wildman–Crippen MR) is 189 cm³/mol. The highest BCUT2D eigenvalue weighted by Gasteiger charge is 2.17. The normalized spacial score (nSPS) is 13.1. The van der Waals surface area contributed by atoms with Gasteiger partial charge in [-0.3, -0.25) is 4.79 Å². The Morgan fingerprint density at radius 3 is 2.07 bits per heavy atom. The molecule has 8 heteroatoms. The van der Waals surface area contributed by atoms with E-state index in [0.29, 0.717) is 12.2 Å². The maximum atomic E-state index is 11.2. The van der Waals surface area contributed by atoms with E-state index in [4.69, 9.17) is 10.1 Å². The van der Waals surface area contributed by atoms with Gasteiger partial charge in [0, 0.05) is 49.7 Å². The van der Waals surface area contributed by atoms with Crippen LogP contribution in [0.25, 0.3) is 0 Å². The molecule has 0 amide bonds. The van der Waals surface area contributed by atoms with E-state index in [-0.39, 0.29) is 0 Å². The summed E-state index contributed by atoms with van der Waals surface area (Å²) in [5.74, 6) is 1.53. The first-order valence-electron chi connectivity index (χ1n) is 18.1. The Kier molecular flexibility index (Phi) is 20.3. The number of Topliss-reactive ketones (excluding diaryl/α,β-unsaturated/α-hetero) is 1. The molecular weight excluding hydrogens is 574 g/mol. The van der Waals surface area contributed by atoms with Crippen LogP contribution in [0, 0.1) is 6.92 Å². The van der Waals surface area contributed by atoms with Gasteiger partial charge in [-0.05, 0) is 108 Å². The third-order valence-corrected chi connectivity index (χ3v) is 8.52. The van der Waals surface area contributed by atoms with Crippen LogP contribution in [0.3, 0.4) is 0 Å². The first kappa shape index (κ1) is 38.9. The highest BCUT2D eigenvalue weighted by atomic mass is 16.4. The molecule has 8 nitrogen and oxygen atoms in total. The molecule has 1 fully saturated rings. The number of unbranched alkanes of at least 4 members (excludes halogenated alkanes) is 8. The number of nitrogens with one attached hydrogen (secondary N) is 2. The van der Waals surface area contributed by atoms with E-state index in [2.05, 4.69) is 26.7 Å². The quantitative estimate of drug-likeness (QED) is 0.131. The van der Waals surface area contributed by atoms with E-state index < -0.39 is 5.97 Å². The van der Waals surface area contributed by atoms with Gasteiger partial charge in [-0.15, -0.1) is 0 Å². The van der Waals surface area contributed by atoms with Crippen LogP contribution in [0.4, 0.5) is 5.82 Å². The molecule has 3 heterocycles. The second-order valence-corrected chi connectivity index (χ2v) is 12.3. The smallest absolute Gasteiger partial charge is 0.303 e. The summed E-state index contributed by atoms with van der Waals surface area (Å²) in [5, 5.41) is 16.1. The molecule has 1 aliphatic heterocycles. The number of aromatic nitrogens is 3. The number of rotatable bonds is 19. The van der Waals surface area contributed by atoms with E-state index in [9.17, 15) is 9.59 Å². The van der Waals surface area contributed by atoms with Gasteiger partial charge in [0.15, 0.2) is 0 Å². The number of ketones is 1. The minimum atomic E-state index is -0.686. The van der Waals surface area contributed by atoms with Crippen molar-refractivity contribution in [3.8, 4) is 0 Å². The number of hydrogen-bond donors (Lipinski definition) is 3. The number of nitrogens with zero attached hydrogens (tertiary/aromatic N) is 3. The Bertz CT molecular complexity index is 1180. The molecule has 0 spiro atoms. The Morgan fingerprint density at radius 2 is 1.48 bits per heavy atom. The molecule has 46 heavy (non-hydrogen) atoms. The van der Waals surface area contributed by atoms with E-state index in [1.54, 1.807) is 31.0 Å². The Balaban J connectivity index is 0.000000711. The molecule has 0 bridgehead atoms. The van der Waals surface area contributed by atoms with Crippen LogP contribution in [0.2, 0.25) is 0 Å². The van der Waals surface area contributed by atoms with Crippen molar-refractivity contribution in [3.05, 3.63) is 58.4 Å². The Labute approximate surface area is 278 Å². The van der Waals surface area contributed by atoms with Crippen LogP contribution in [-0.2, 0) is 29.0 Å². The number of carboxylic acids is 1. The van der Waals surface area contributed by atoms with Gasteiger partial charge >= 0.3 is 5.97 Å². The molecule has 2 aromatic heterocycles. The molecule has 256 valence electrons. The molecule has 0 atom stereocenters. The summed E-state index contributed by atoms with van der Waals surface area (Å²) in [5.41, 5.74) is 7.01. The summed E-state index contributed by atoms with van der Waals surface area (Å²) in [6, 6.07) is 4.19. The molecular formula is C38H61N5O3. The third-order valence-electron chi connectivity index (χ3n) is 8.52. The third kappa shape index (κ3) is 16.3. The zero-order chi connectivity index (χ0) is 33.4. The molecule has 1 aliphatic carbocycles. The fraction of sp³-hybridized carbons (Fsp3) is 0.658. The number of hydrogen-bond acceptors (Lipinski definition) is 7. The second-order valence-electron chi connectivity index (χ2n) is 12.3. The van der Waals surface area contributed by atoms with Crippen LogP contribution in [0.15, 0.2) is 35.8 Å². The van der Waals surface area contributed by atoms with Gasteiger partial charge in [0.2, 0.25) is 0 Å². The maximum Gasteiger partial charge on any atom is 0.303 e. The monoisotopic (exact) mass is 635 g/mol. The minimum Gasteiger partial charge on any atom is -0.481 e. The standard InChI is InChI=1S/C31H49N3O3.C5H6N2.C2H6/c1-24(35)14-8-6-7-9-18-28(25-15-12-16-25)33-23-27-22-26-17-13-21-32-31(26)34-29(27)19-10-4-2-3-5-11-20-30(36)37;1-5-6-3-2-4-7-5;1-2/h22,33H,2-21,23H2,1H3,(H,32,34)(H,36,37);2-4H,1H3;1-2H3. The molecule has 4 rings (SSSR count). The summed E-state index contributed by atoms with van der Waals surface area (Å²) in [6.07, 6.45) is 23.6. The van der Waals surface area contributed by atoms with Gasteiger partial charge < -0.3 is 20.5 Å². The van der Waals surface area contributed by atoms with Gasteiger partial charge in [0.1, 0.15) is 17.4 Å². The Hall–Kier alpha value is -3.29. The topological polar surface area (TPSA) is 117 Å². The minimum absolute atomic E-state index is 0.292. The molecule has 1 saturated carbocycles. The Morgan fingerprint density at radius 1 is 0.848 bits per heavy atom. The lowest BCUT2D eigenvalue weighted by Crippen LogP contribution is -2.21. The highest BCUT2D eigenvalue weighted by Crippen LogP contribution is 2.31. The number of carbonyl (C=O) groups is 2. The van der Waals surface area contributed by atoms with E-state index >= 15 is 0 Å². The van der Waals surface area contributed by atoms with Crippen LogP contribution in [0.1, 0.15) is 153 Å². The summed E-state index contributed by atoms with van der Waals surface area (Å²) in [4.78, 5) is 34.7. The van der Waals surface area contributed by atoms with Gasteiger partial charge in [-0.2, -0.15) is 0 Å². The van der Waals surface area contributed by atoms with Crippen LogP contribution in [-0.4, -0.2) is 38.4 Å². The largest absolute Gasteiger partial charge is 0.481 e. The lowest BCUT2D eigenvalue weighted by Gasteiger charge is -2.25. The lowest BCUT2D eigenvalue weighted by molar-refractivity contribution is -0.137. The van der Waals surface area contributed by atoms with Crippen LogP contribution >= 0.6 is 0 Å². The van der Waals surface area contributed by atoms with Crippen molar-refractivity contribution in [1.29, 1.82) is 0 Å². The lowest BCUT2D eigenvalue weighted by atomic mass is 9.88. The zero-order valence-electron chi connectivity index (χ0n) is 29.3. The zero-order valence-corrected chi connectivity index (χ0v) is 29.3. The molecule has 0 unspecified atom stereocenters. The highest BCUT2D eigenvalue weighted by molar-refractivity contribution is 5.75. The average Bonchev–Trinajstić information content (AvgIpc) is 3.03. The predicted octanol–water partition coefficient (Wildman–Crippen LogP) is 9.07. The number of fused-ring (bicyclic) bond motifs is 1. The fourth-order valence-corrected chi connectivity index (χ4v) is 5.77. The van der Waals surface area contributed by atoms with Crippen molar-refractivity contribution >= 4 is 17.6 Å². The van der Waals surface area contributed by atoms with Crippen molar-refractivity contribution in [2.24, 2.45) is 0 Å². The second kappa shape index (κ2) is 24.0. The van der Waals surface area contributed by atoms with Gasteiger partial charge in [-0.25, -0.2) is 15.0 Å². The summed E-state index contributed by atoms with van der Waals surface area (Å²) < 4.78 is 0. The molecule has 2 aromatic rings. The molecule has 2 aliphatic rings. The fourth-order valence-electron chi connectivity index (χ4n) is 5.77. The summed E-state index contributed by atoms with van der Waals surface area (Å²) in [6.45, 7) is 9.41. The first-order chi connectivity index (χ1) is 22.4. The number of carboxylic acid groups (broad SMARTS) is 1. The van der Waals surface area contributed by atoms with E-state index in [1.807, 2.05) is 20.8 Å². The van der Waals surface area contributed by atoms with Gasteiger partial charge in [-0.1, -0.05) is 57.9 Å². The van der Waals surface area contributed by atoms with Gasteiger partial charge in [0.05, 0.1) is 0 Å². The number of allylic oxidation sites excluding steroid dienone is 2. The van der Waals surface area contributed by atoms with Crippen LogP contribution in [0.5, 0.6) is 0 Å². The van der Waals surface area contributed by atoms with Crippen LogP contribution < -0.4 is 10.6 Å². The van der Waals surface area contributed by atoms with Crippen molar-refractivity contribution in [3.63, 3.8) is 0 Å². The van der Waals surface area contributed by atoms with E-state index in [1.165, 1.54) is 73.9 Å². The maximum absolute atomic E-state index is 11.2. The number of anilines is 1. The van der Waals surface area contributed by atoms with E-state index in [0.717, 1.165) is 88.9 Å².